The van der Waals surface area contributed by atoms with Crippen molar-refractivity contribution in [2.45, 2.75) is 14.1 Å². The number of anilines is 2. The number of benzene rings is 2. The number of rotatable bonds is 5. The number of hydrogen-bond donors (Lipinski definition) is 1. The van der Waals surface area contributed by atoms with E-state index in [0.29, 0.717) is 17.2 Å². The summed E-state index contributed by atoms with van der Waals surface area (Å²) in [6, 6.07) is 10.8. The summed E-state index contributed by atoms with van der Waals surface area (Å²) in [6.07, 6.45) is 0. The van der Waals surface area contributed by atoms with Gasteiger partial charge in [0, 0.05) is 11.6 Å². The Morgan fingerprint density at radius 2 is 1.49 bits per heavy atom. The second-order valence-electron chi connectivity index (χ2n) is 8.66. The number of halogens is 6. The molecule has 0 unspecified atom stereocenters. The van der Waals surface area contributed by atoms with Gasteiger partial charge in [0.05, 0.1) is 47.5 Å². The average molecular weight is 625 g/mol. The van der Waals surface area contributed by atoms with Crippen LogP contribution in [0.1, 0.15) is 10.4 Å². The molecule has 0 spiro atoms. The number of methoxy groups -OCH3 is 2. The molecule has 1 aliphatic heterocycles. The molecule has 3 amide bonds. The van der Waals surface area contributed by atoms with Crippen LogP contribution in [0.2, 0.25) is 0 Å². The van der Waals surface area contributed by atoms with Gasteiger partial charge in [0.1, 0.15) is 21.2 Å². The fourth-order valence-corrected chi connectivity index (χ4v) is 8.07. The molecule has 7 nitrogen and oxygen atoms in total. The summed E-state index contributed by atoms with van der Waals surface area (Å²) < 4.78 is 8.48. The standard InChI is InChI=1S/C24H16Cl6N2O5/c1-36-12-6-7-14(37-2)13(9-12)31-19(33)10-4-3-5-11(8-10)32-20(34)15-16(21(32)35)23(28)18(26)17(25)22(15,27)24(23,29)30/h3-9,15-16H,1-2H3,(H,31,33)/t15-,16-,22-,23-/m1/s1. The molecule has 2 bridgehead atoms. The predicted molar refractivity (Wildman–Crippen MR) is 144 cm³/mol. The van der Waals surface area contributed by atoms with Gasteiger partial charge in [-0.3, -0.25) is 14.4 Å². The number of carbonyl (C=O) groups excluding carboxylic acids is 3. The number of nitrogens with one attached hydrogen (secondary N) is 1. The molecule has 2 fully saturated rings. The van der Waals surface area contributed by atoms with E-state index in [0.717, 1.165) is 4.90 Å². The second kappa shape index (κ2) is 8.83. The van der Waals surface area contributed by atoms with Gasteiger partial charge in [0.2, 0.25) is 11.8 Å². The molecule has 1 heterocycles. The maximum absolute atomic E-state index is 13.6. The van der Waals surface area contributed by atoms with Gasteiger partial charge in [-0.1, -0.05) is 52.5 Å². The lowest BCUT2D eigenvalue weighted by Crippen LogP contribution is -2.50. The van der Waals surface area contributed by atoms with Crippen molar-refractivity contribution in [1.29, 1.82) is 0 Å². The highest BCUT2D eigenvalue weighted by Crippen LogP contribution is 2.77. The number of allylic oxidation sites excluding steroid dienone is 2. The van der Waals surface area contributed by atoms with Crippen molar-refractivity contribution < 1.29 is 23.9 Å². The van der Waals surface area contributed by atoms with Crippen LogP contribution in [0, 0.1) is 11.8 Å². The minimum absolute atomic E-state index is 0.122. The van der Waals surface area contributed by atoms with Crippen LogP contribution in [0.5, 0.6) is 11.5 Å². The lowest BCUT2D eigenvalue weighted by atomic mass is 9.84. The number of ether oxygens (including phenoxy) is 2. The second-order valence-corrected chi connectivity index (χ2v) is 11.9. The first-order valence-corrected chi connectivity index (χ1v) is 13.0. The van der Waals surface area contributed by atoms with Crippen molar-refractivity contribution >= 4 is 98.7 Å². The highest BCUT2D eigenvalue weighted by molar-refractivity contribution is 6.67. The summed E-state index contributed by atoms with van der Waals surface area (Å²) in [5.74, 6) is -3.59. The molecule has 1 N–H and O–H groups in total. The first-order valence-electron chi connectivity index (χ1n) is 10.7. The van der Waals surface area contributed by atoms with Crippen molar-refractivity contribution in [2.24, 2.45) is 11.8 Å². The summed E-state index contributed by atoms with van der Waals surface area (Å²) >= 11 is 39.2. The third-order valence-electron chi connectivity index (χ3n) is 6.93. The fourth-order valence-electron chi connectivity index (χ4n) is 5.14. The van der Waals surface area contributed by atoms with E-state index in [1.54, 1.807) is 18.2 Å². The average Bonchev–Trinajstić information content (AvgIpc) is 3.27. The molecule has 37 heavy (non-hydrogen) atoms. The zero-order valence-corrected chi connectivity index (χ0v) is 23.5. The molecular formula is C24H16Cl6N2O5. The van der Waals surface area contributed by atoms with E-state index in [2.05, 4.69) is 5.32 Å². The summed E-state index contributed by atoms with van der Waals surface area (Å²) in [4.78, 5) is 37.3. The minimum atomic E-state index is -2.03. The lowest BCUT2D eigenvalue weighted by molar-refractivity contribution is -0.123. The van der Waals surface area contributed by atoms with Gasteiger partial charge >= 0.3 is 0 Å². The predicted octanol–water partition coefficient (Wildman–Crippen LogP) is 5.91. The van der Waals surface area contributed by atoms with E-state index in [9.17, 15) is 14.4 Å². The molecular weight excluding hydrogens is 609 g/mol. The van der Waals surface area contributed by atoms with E-state index in [4.69, 9.17) is 79.1 Å². The Labute approximate surface area is 241 Å². The van der Waals surface area contributed by atoms with Crippen LogP contribution < -0.4 is 19.7 Å². The third-order valence-corrected chi connectivity index (χ3v) is 11.2. The van der Waals surface area contributed by atoms with E-state index >= 15 is 0 Å². The molecule has 4 atom stereocenters. The highest BCUT2D eigenvalue weighted by atomic mass is 35.5. The number of hydrogen-bond acceptors (Lipinski definition) is 5. The minimum Gasteiger partial charge on any atom is -0.497 e. The quantitative estimate of drug-likeness (QED) is 0.330. The molecule has 194 valence electrons. The molecule has 3 aliphatic rings. The van der Waals surface area contributed by atoms with Gasteiger partial charge < -0.3 is 14.8 Å². The monoisotopic (exact) mass is 622 g/mol. The van der Waals surface area contributed by atoms with Crippen molar-refractivity contribution in [3.8, 4) is 11.5 Å². The van der Waals surface area contributed by atoms with Crippen LogP contribution in [-0.4, -0.2) is 46.0 Å². The normalized spacial score (nSPS) is 29.6. The largest absolute Gasteiger partial charge is 0.497 e. The first-order chi connectivity index (χ1) is 17.4. The summed E-state index contributed by atoms with van der Waals surface area (Å²) in [7, 11) is 2.95. The van der Waals surface area contributed by atoms with Gasteiger partial charge in [-0.25, -0.2) is 4.90 Å². The number of imide groups is 1. The summed E-state index contributed by atoms with van der Waals surface area (Å²) in [6.45, 7) is 0. The molecule has 2 aliphatic carbocycles. The van der Waals surface area contributed by atoms with Crippen molar-refractivity contribution in [3.63, 3.8) is 0 Å². The van der Waals surface area contributed by atoms with Crippen molar-refractivity contribution in [3.05, 3.63) is 58.1 Å². The zero-order chi connectivity index (χ0) is 27.1. The topological polar surface area (TPSA) is 84.9 Å². The van der Waals surface area contributed by atoms with E-state index in [1.807, 2.05) is 0 Å². The molecule has 1 saturated carbocycles. The Hall–Kier alpha value is -1.87. The Kier molecular flexibility index (Phi) is 6.38. The number of nitrogens with zero attached hydrogens (tertiary/aromatic N) is 1. The maximum Gasteiger partial charge on any atom is 0.255 e. The molecule has 0 radical (unpaired) electrons. The number of fused-ring (bicyclic) bond motifs is 5. The number of carbonyl (C=O) groups is 3. The van der Waals surface area contributed by atoms with Crippen molar-refractivity contribution in [2.75, 3.05) is 24.4 Å². The Morgan fingerprint density at radius 3 is 2.03 bits per heavy atom. The molecule has 5 rings (SSSR count). The molecule has 0 aromatic heterocycles. The SMILES string of the molecule is COc1ccc(OC)c(NC(=O)c2cccc(N3C(=O)[C@H]4[C@H](C3=O)[C@@]3(Cl)C(Cl)=C(Cl)[C@@]4(Cl)C3(Cl)Cl)c2)c1. The van der Waals surface area contributed by atoms with Crippen LogP contribution in [0.4, 0.5) is 11.4 Å². The fraction of sp³-hybridized carbons (Fsp3) is 0.292. The first kappa shape index (κ1) is 26.7. The maximum atomic E-state index is 13.6. The van der Waals surface area contributed by atoms with Crippen LogP contribution >= 0.6 is 69.6 Å². The van der Waals surface area contributed by atoms with Gasteiger partial charge in [0.15, 0.2) is 4.33 Å². The Morgan fingerprint density at radius 1 is 0.892 bits per heavy atom. The summed E-state index contributed by atoms with van der Waals surface area (Å²) in [5, 5.41) is 2.38. The Bertz CT molecular complexity index is 1370. The molecule has 2 aromatic carbocycles. The highest BCUT2D eigenvalue weighted by Gasteiger charge is 2.87. The summed E-state index contributed by atoms with van der Waals surface area (Å²) in [5.41, 5.74) is 0.639. The number of alkyl halides is 4. The smallest absolute Gasteiger partial charge is 0.255 e. The van der Waals surface area contributed by atoms with Crippen LogP contribution in [0.3, 0.4) is 0 Å². The van der Waals surface area contributed by atoms with Gasteiger partial charge in [-0.2, -0.15) is 0 Å². The third kappa shape index (κ3) is 3.31. The molecule has 2 aromatic rings. The zero-order valence-electron chi connectivity index (χ0n) is 19.0. The molecule has 1 saturated heterocycles. The van der Waals surface area contributed by atoms with Crippen LogP contribution in [0.15, 0.2) is 52.5 Å². The van der Waals surface area contributed by atoms with Gasteiger partial charge in [-0.15, -0.1) is 23.2 Å². The molecule has 13 heteroatoms. The van der Waals surface area contributed by atoms with Crippen molar-refractivity contribution in [1.82, 2.24) is 0 Å². The lowest BCUT2D eigenvalue weighted by Gasteiger charge is -2.34. The van der Waals surface area contributed by atoms with Crippen LogP contribution in [0.25, 0.3) is 0 Å². The van der Waals surface area contributed by atoms with E-state index < -0.39 is 43.6 Å². The number of amides is 3. The van der Waals surface area contributed by atoms with Crippen LogP contribution in [-0.2, 0) is 9.59 Å². The van der Waals surface area contributed by atoms with E-state index in [1.165, 1.54) is 38.5 Å². The van der Waals surface area contributed by atoms with Gasteiger partial charge in [-0.05, 0) is 30.3 Å². The van der Waals surface area contributed by atoms with Gasteiger partial charge in [0.25, 0.3) is 5.91 Å². The Balaban J connectivity index is 1.49. The van der Waals surface area contributed by atoms with E-state index in [-0.39, 0.29) is 21.3 Å².